The first kappa shape index (κ1) is 17.4. The molecule has 0 aliphatic carbocycles. The second kappa shape index (κ2) is 7.32. The molecule has 0 unspecified atom stereocenters. The lowest BCUT2D eigenvalue weighted by molar-refractivity contribution is 0.415. The number of hydrogen-bond acceptors (Lipinski definition) is 7. The Morgan fingerprint density at radius 3 is 2.46 bits per heavy atom. The lowest BCUT2D eigenvalue weighted by Crippen LogP contribution is -2.35. The Labute approximate surface area is 160 Å². The van der Waals surface area contributed by atoms with Crippen molar-refractivity contribution in [1.29, 1.82) is 0 Å². The zero-order valence-electron chi connectivity index (χ0n) is 15.0. The summed E-state index contributed by atoms with van der Waals surface area (Å²) >= 11 is 0. The van der Waals surface area contributed by atoms with E-state index >= 15 is 0 Å². The maximum atomic E-state index is 11.9. The highest BCUT2D eigenvalue weighted by molar-refractivity contribution is 5.86. The number of anilines is 3. The van der Waals surface area contributed by atoms with Crippen LogP contribution in [-0.4, -0.2) is 18.3 Å². The van der Waals surface area contributed by atoms with Gasteiger partial charge in [-0.25, -0.2) is 4.98 Å². The minimum Gasteiger partial charge on any atom is -0.497 e. The Hall–Kier alpha value is -4.00. The van der Waals surface area contributed by atoms with Crippen LogP contribution >= 0.6 is 0 Å². The maximum Gasteiger partial charge on any atom is 0.255 e. The fraction of sp³-hybridized carbons (Fsp3) is 0.0476. The second-order valence-corrected chi connectivity index (χ2v) is 6.06. The van der Waals surface area contributed by atoms with Gasteiger partial charge in [0.15, 0.2) is 0 Å². The van der Waals surface area contributed by atoms with Gasteiger partial charge in [-0.1, -0.05) is 24.3 Å². The van der Waals surface area contributed by atoms with Crippen molar-refractivity contribution in [3.8, 4) is 5.75 Å². The highest BCUT2D eigenvalue weighted by Crippen LogP contribution is 2.22. The fourth-order valence-electron chi connectivity index (χ4n) is 2.75. The number of ether oxygens (including phenoxy) is 1. The van der Waals surface area contributed by atoms with Crippen molar-refractivity contribution in [2.45, 2.75) is 0 Å². The van der Waals surface area contributed by atoms with Crippen LogP contribution in [0.3, 0.4) is 0 Å². The summed E-state index contributed by atoms with van der Waals surface area (Å²) in [6.07, 6.45) is 1.50. The molecule has 1 heterocycles. The number of fused-ring (bicyclic) bond motifs is 1. The van der Waals surface area contributed by atoms with E-state index in [0.29, 0.717) is 17.1 Å². The molecule has 138 valence electrons. The minimum absolute atomic E-state index is 0.123. The zero-order valence-corrected chi connectivity index (χ0v) is 15.0. The first-order valence-electron chi connectivity index (χ1n) is 8.55. The molecule has 0 bridgehead atoms. The van der Waals surface area contributed by atoms with Gasteiger partial charge in [-0.3, -0.25) is 15.0 Å². The summed E-state index contributed by atoms with van der Waals surface area (Å²) in [5, 5.41) is 8.01. The van der Waals surface area contributed by atoms with Crippen LogP contribution in [0.2, 0.25) is 0 Å². The van der Waals surface area contributed by atoms with Crippen molar-refractivity contribution in [1.82, 2.24) is 4.98 Å². The van der Waals surface area contributed by atoms with E-state index in [0.717, 1.165) is 10.9 Å². The highest BCUT2D eigenvalue weighted by Gasteiger charge is 2.20. The number of para-hydroxylation sites is 1. The number of methoxy groups -OCH3 is 1. The standard InChI is InChI=1S/C21H16N4O3/c1-28-16-10-8-14(9-11-16)24-18-19(21(27)20(18)26)25-22-12-15-7-6-13-4-2-3-5-17(13)23-15/h2-12,24-25H,1H3. The van der Waals surface area contributed by atoms with Crippen LogP contribution in [0, 0.1) is 0 Å². The third-order valence-electron chi connectivity index (χ3n) is 4.26. The van der Waals surface area contributed by atoms with Crippen molar-refractivity contribution in [2.75, 3.05) is 17.9 Å². The van der Waals surface area contributed by atoms with E-state index in [4.69, 9.17) is 4.74 Å². The van der Waals surface area contributed by atoms with Gasteiger partial charge in [0.1, 0.15) is 17.1 Å². The monoisotopic (exact) mass is 372 g/mol. The molecule has 0 saturated carbocycles. The Bertz CT molecular complexity index is 1240. The van der Waals surface area contributed by atoms with Crippen LogP contribution in [0.25, 0.3) is 10.9 Å². The lowest BCUT2D eigenvalue weighted by Gasteiger charge is -2.12. The molecule has 7 heteroatoms. The normalized spacial score (nSPS) is 11.2. The van der Waals surface area contributed by atoms with Gasteiger partial charge in [0.2, 0.25) is 0 Å². The quantitative estimate of drug-likeness (QED) is 0.307. The van der Waals surface area contributed by atoms with Gasteiger partial charge in [-0.2, -0.15) is 5.10 Å². The van der Waals surface area contributed by atoms with Crippen LogP contribution in [-0.2, 0) is 0 Å². The molecule has 0 fully saturated rings. The summed E-state index contributed by atoms with van der Waals surface area (Å²) in [6.45, 7) is 0. The van der Waals surface area contributed by atoms with E-state index < -0.39 is 10.9 Å². The summed E-state index contributed by atoms with van der Waals surface area (Å²) in [6, 6.07) is 18.5. The number of benzene rings is 2. The van der Waals surface area contributed by atoms with Gasteiger partial charge in [0, 0.05) is 11.1 Å². The van der Waals surface area contributed by atoms with Gasteiger partial charge in [0.25, 0.3) is 10.9 Å². The molecule has 0 aliphatic heterocycles. The molecule has 4 aromatic rings. The van der Waals surface area contributed by atoms with E-state index in [9.17, 15) is 9.59 Å². The SMILES string of the molecule is COc1ccc(Nc2c(NN=Cc3ccc4ccccc4n3)c(=O)c2=O)cc1. The predicted molar refractivity (Wildman–Crippen MR) is 111 cm³/mol. The van der Waals surface area contributed by atoms with Crippen molar-refractivity contribution in [3.05, 3.63) is 86.8 Å². The van der Waals surface area contributed by atoms with Crippen molar-refractivity contribution < 1.29 is 4.74 Å². The number of pyridine rings is 1. The van der Waals surface area contributed by atoms with Gasteiger partial charge < -0.3 is 10.1 Å². The average Bonchev–Trinajstić information content (AvgIpc) is 2.75. The molecule has 28 heavy (non-hydrogen) atoms. The van der Waals surface area contributed by atoms with E-state index in [2.05, 4.69) is 20.8 Å². The van der Waals surface area contributed by atoms with Crippen LogP contribution in [0.4, 0.5) is 17.1 Å². The Morgan fingerprint density at radius 2 is 1.68 bits per heavy atom. The number of rotatable bonds is 6. The molecule has 0 radical (unpaired) electrons. The van der Waals surface area contributed by atoms with Crippen LogP contribution in [0.5, 0.6) is 5.75 Å². The first-order valence-corrected chi connectivity index (χ1v) is 8.55. The van der Waals surface area contributed by atoms with Crippen molar-refractivity contribution in [3.63, 3.8) is 0 Å². The predicted octanol–water partition coefficient (Wildman–Crippen LogP) is 3.03. The van der Waals surface area contributed by atoms with Crippen LogP contribution < -0.4 is 26.3 Å². The average molecular weight is 372 g/mol. The smallest absolute Gasteiger partial charge is 0.255 e. The molecular formula is C21H16N4O3. The lowest BCUT2D eigenvalue weighted by atomic mass is 10.2. The summed E-state index contributed by atoms with van der Waals surface area (Å²) < 4.78 is 5.10. The second-order valence-electron chi connectivity index (χ2n) is 6.06. The first-order chi connectivity index (χ1) is 13.7. The molecule has 0 amide bonds. The van der Waals surface area contributed by atoms with Gasteiger partial charge in [-0.05, 0) is 36.4 Å². The number of nitrogens with zero attached hydrogens (tertiary/aromatic N) is 2. The molecule has 0 saturated heterocycles. The molecule has 7 nitrogen and oxygen atoms in total. The van der Waals surface area contributed by atoms with E-state index in [1.54, 1.807) is 31.4 Å². The highest BCUT2D eigenvalue weighted by atomic mass is 16.5. The summed E-state index contributed by atoms with van der Waals surface area (Å²) in [7, 11) is 1.57. The van der Waals surface area contributed by atoms with Crippen molar-refractivity contribution >= 4 is 34.2 Å². The molecule has 0 spiro atoms. The van der Waals surface area contributed by atoms with E-state index in [1.807, 2.05) is 36.4 Å². The third-order valence-corrected chi connectivity index (χ3v) is 4.26. The molecule has 0 atom stereocenters. The molecule has 2 N–H and O–H groups in total. The topological polar surface area (TPSA) is 92.7 Å². The molecule has 3 aromatic carbocycles. The molecule has 4 rings (SSSR count). The number of nitrogens with one attached hydrogen (secondary N) is 2. The van der Waals surface area contributed by atoms with Crippen LogP contribution in [0.1, 0.15) is 5.69 Å². The summed E-state index contributed by atoms with van der Waals surface area (Å²) in [4.78, 5) is 28.2. The van der Waals surface area contributed by atoms with Gasteiger partial charge in [-0.15, -0.1) is 0 Å². The minimum atomic E-state index is -0.611. The van der Waals surface area contributed by atoms with E-state index in [1.165, 1.54) is 6.21 Å². The Kier molecular flexibility index (Phi) is 4.55. The number of aromatic nitrogens is 1. The number of hydrogen-bond donors (Lipinski definition) is 2. The zero-order chi connectivity index (χ0) is 19.5. The maximum absolute atomic E-state index is 11.9. The van der Waals surface area contributed by atoms with Crippen molar-refractivity contribution in [2.24, 2.45) is 5.10 Å². The summed E-state index contributed by atoms with van der Waals surface area (Å²) in [5.41, 5.74) is 3.89. The summed E-state index contributed by atoms with van der Waals surface area (Å²) in [5.74, 6) is 0.696. The van der Waals surface area contributed by atoms with E-state index in [-0.39, 0.29) is 11.4 Å². The Morgan fingerprint density at radius 1 is 0.929 bits per heavy atom. The fourth-order valence-corrected chi connectivity index (χ4v) is 2.75. The largest absolute Gasteiger partial charge is 0.497 e. The molecular weight excluding hydrogens is 356 g/mol. The van der Waals surface area contributed by atoms with Crippen LogP contribution in [0.15, 0.2) is 75.4 Å². The molecule has 0 aliphatic rings. The third kappa shape index (κ3) is 3.33. The number of hydrazone groups is 1. The molecule has 1 aromatic heterocycles. The van der Waals surface area contributed by atoms with Gasteiger partial charge >= 0.3 is 0 Å². The van der Waals surface area contributed by atoms with Gasteiger partial charge in [0.05, 0.1) is 24.5 Å². The Balaban J connectivity index is 1.50.